The molecule has 1 aliphatic heterocycles. The summed E-state index contributed by atoms with van der Waals surface area (Å²) in [5, 5.41) is 2.87. The number of aryl methyl sites for hydroxylation is 2. The second-order valence-corrected chi connectivity index (χ2v) is 10.2. The second kappa shape index (κ2) is 9.46. The number of imidazole rings is 1. The predicted octanol–water partition coefficient (Wildman–Crippen LogP) is 1.63. The Bertz CT molecular complexity index is 1250. The lowest BCUT2D eigenvalue weighted by Crippen LogP contribution is -2.36. The van der Waals surface area contributed by atoms with Gasteiger partial charge in [-0.05, 0) is 30.3 Å². The summed E-state index contributed by atoms with van der Waals surface area (Å²) < 4.78 is 33.2. The van der Waals surface area contributed by atoms with Gasteiger partial charge in [0.05, 0.1) is 41.0 Å². The molecule has 1 N–H and O–H groups in total. The van der Waals surface area contributed by atoms with E-state index in [-0.39, 0.29) is 17.2 Å². The third-order valence-corrected chi connectivity index (χ3v) is 7.48. The summed E-state index contributed by atoms with van der Waals surface area (Å²) in [5.74, 6) is 1.44. The zero-order valence-corrected chi connectivity index (χ0v) is 19.8. The van der Waals surface area contributed by atoms with Crippen molar-refractivity contribution in [2.75, 3.05) is 50.6 Å². The van der Waals surface area contributed by atoms with Gasteiger partial charge in [-0.3, -0.25) is 4.79 Å². The van der Waals surface area contributed by atoms with Gasteiger partial charge in [-0.1, -0.05) is 0 Å². The van der Waals surface area contributed by atoms with Crippen LogP contribution in [-0.4, -0.2) is 73.6 Å². The van der Waals surface area contributed by atoms with Crippen molar-refractivity contribution >= 4 is 38.5 Å². The number of rotatable bonds is 7. The SMILES string of the molecule is CN(C)S(=O)(=O)c1ccc2c(c1)nc(CCC(=O)Nc1ccc(N3CCOCC3)nc1)n2C. The molecule has 0 aliphatic carbocycles. The summed E-state index contributed by atoms with van der Waals surface area (Å²) in [4.78, 5) is 23.8. The minimum atomic E-state index is -3.54. The van der Waals surface area contributed by atoms with Crippen molar-refractivity contribution in [2.45, 2.75) is 17.7 Å². The van der Waals surface area contributed by atoms with Gasteiger partial charge in [0, 0.05) is 47.1 Å². The molecule has 1 amide bonds. The van der Waals surface area contributed by atoms with Gasteiger partial charge in [-0.25, -0.2) is 22.7 Å². The van der Waals surface area contributed by atoms with Crippen molar-refractivity contribution in [3.8, 4) is 0 Å². The smallest absolute Gasteiger partial charge is 0.242 e. The Balaban J connectivity index is 1.39. The van der Waals surface area contributed by atoms with Gasteiger partial charge in [0.25, 0.3) is 0 Å². The van der Waals surface area contributed by atoms with E-state index in [2.05, 4.69) is 20.2 Å². The van der Waals surface area contributed by atoms with Gasteiger partial charge in [0.15, 0.2) is 0 Å². The summed E-state index contributed by atoms with van der Waals surface area (Å²) in [6.07, 6.45) is 2.32. The molecular weight excluding hydrogens is 444 g/mol. The standard InChI is InChI=1S/C22H28N6O4S/c1-26(2)33(30,31)17-5-6-19-18(14-17)25-21(27(19)3)8-9-22(29)24-16-4-7-20(23-15-16)28-10-12-32-13-11-28/h4-7,14-15H,8-13H2,1-3H3,(H,24,29). The summed E-state index contributed by atoms with van der Waals surface area (Å²) >= 11 is 0. The lowest BCUT2D eigenvalue weighted by molar-refractivity contribution is -0.116. The largest absolute Gasteiger partial charge is 0.378 e. The number of benzene rings is 1. The quantitative estimate of drug-likeness (QED) is 0.557. The third-order valence-electron chi connectivity index (χ3n) is 5.67. The van der Waals surface area contributed by atoms with E-state index in [1.165, 1.54) is 18.4 Å². The van der Waals surface area contributed by atoms with Gasteiger partial charge < -0.3 is 19.5 Å². The van der Waals surface area contributed by atoms with Crippen LogP contribution in [0.25, 0.3) is 11.0 Å². The fourth-order valence-corrected chi connectivity index (χ4v) is 4.63. The van der Waals surface area contributed by atoms with Crippen LogP contribution >= 0.6 is 0 Å². The normalized spacial score (nSPS) is 14.7. The van der Waals surface area contributed by atoms with Crippen LogP contribution in [-0.2, 0) is 33.0 Å². The number of aromatic nitrogens is 3. The molecule has 0 saturated carbocycles. The molecule has 0 radical (unpaired) electrons. The molecule has 1 aliphatic rings. The molecule has 0 atom stereocenters. The average Bonchev–Trinajstić information content (AvgIpc) is 3.13. The van der Waals surface area contributed by atoms with Crippen LogP contribution < -0.4 is 10.2 Å². The Morgan fingerprint density at radius 3 is 2.61 bits per heavy atom. The highest BCUT2D eigenvalue weighted by atomic mass is 32.2. The highest BCUT2D eigenvalue weighted by Crippen LogP contribution is 2.22. The Morgan fingerprint density at radius 1 is 1.18 bits per heavy atom. The zero-order chi connectivity index (χ0) is 23.6. The monoisotopic (exact) mass is 472 g/mol. The molecule has 3 heterocycles. The highest BCUT2D eigenvalue weighted by Gasteiger charge is 2.19. The molecule has 1 saturated heterocycles. The minimum absolute atomic E-state index is 0.140. The molecular formula is C22H28N6O4S. The first-order valence-electron chi connectivity index (χ1n) is 10.7. The molecule has 10 nitrogen and oxygen atoms in total. The van der Waals surface area contributed by atoms with Gasteiger partial charge in [-0.2, -0.15) is 0 Å². The number of nitrogens with one attached hydrogen (secondary N) is 1. The number of carbonyl (C=O) groups excluding carboxylic acids is 1. The Hall–Kier alpha value is -3.02. The molecule has 1 aromatic carbocycles. The Morgan fingerprint density at radius 2 is 1.94 bits per heavy atom. The van der Waals surface area contributed by atoms with Gasteiger partial charge >= 0.3 is 0 Å². The minimum Gasteiger partial charge on any atom is -0.378 e. The maximum absolute atomic E-state index is 12.5. The molecule has 33 heavy (non-hydrogen) atoms. The first-order valence-corrected chi connectivity index (χ1v) is 12.2. The van der Waals surface area contributed by atoms with Gasteiger partial charge in [0.2, 0.25) is 15.9 Å². The maximum atomic E-state index is 12.5. The van der Waals surface area contributed by atoms with Gasteiger partial charge in [0.1, 0.15) is 11.6 Å². The van der Waals surface area contributed by atoms with Crippen LogP contribution in [0.15, 0.2) is 41.4 Å². The Labute approximate surface area is 193 Å². The lowest BCUT2D eigenvalue weighted by atomic mass is 10.2. The molecule has 11 heteroatoms. The number of carbonyl (C=O) groups is 1. The van der Waals surface area contributed by atoms with Crippen molar-refractivity contribution in [3.63, 3.8) is 0 Å². The zero-order valence-electron chi connectivity index (χ0n) is 19.0. The van der Waals surface area contributed by atoms with E-state index in [9.17, 15) is 13.2 Å². The summed E-state index contributed by atoms with van der Waals surface area (Å²) in [6.45, 7) is 2.99. The summed E-state index contributed by atoms with van der Waals surface area (Å²) in [5.41, 5.74) is 2.03. The molecule has 0 unspecified atom stereocenters. The Kier molecular flexibility index (Phi) is 6.63. The van der Waals surface area contributed by atoms with Crippen LogP contribution in [0.5, 0.6) is 0 Å². The lowest BCUT2D eigenvalue weighted by Gasteiger charge is -2.27. The van der Waals surface area contributed by atoms with Crippen LogP contribution in [0.2, 0.25) is 0 Å². The van der Waals surface area contributed by atoms with E-state index in [4.69, 9.17) is 4.74 Å². The van der Waals surface area contributed by atoms with Crippen LogP contribution in [0.1, 0.15) is 12.2 Å². The van der Waals surface area contributed by atoms with Crippen LogP contribution in [0.3, 0.4) is 0 Å². The predicted molar refractivity (Wildman–Crippen MR) is 126 cm³/mol. The third kappa shape index (κ3) is 5.00. The molecule has 3 aromatic rings. The molecule has 176 valence electrons. The van der Waals surface area contributed by atoms with Crippen LogP contribution in [0.4, 0.5) is 11.5 Å². The maximum Gasteiger partial charge on any atom is 0.242 e. The van der Waals surface area contributed by atoms with Crippen molar-refractivity contribution in [1.82, 2.24) is 18.8 Å². The number of ether oxygens (including phenoxy) is 1. The van der Waals surface area contributed by atoms with Gasteiger partial charge in [-0.15, -0.1) is 0 Å². The van der Waals surface area contributed by atoms with E-state index in [1.54, 1.807) is 24.4 Å². The van der Waals surface area contributed by atoms with E-state index in [0.717, 1.165) is 24.4 Å². The number of amides is 1. The molecule has 1 fully saturated rings. The molecule has 4 rings (SSSR count). The second-order valence-electron chi connectivity index (χ2n) is 8.08. The number of fused-ring (bicyclic) bond motifs is 1. The van der Waals surface area contributed by atoms with E-state index in [0.29, 0.717) is 36.7 Å². The van der Waals surface area contributed by atoms with Crippen LogP contribution in [0, 0.1) is 0 Å². The van der Waals surface area contributed by atoms with Crippen molar-refractivity contribution in [3.05, 3.63) is 42.4 Å². The van der Waals surface area contributed by atoms with Crippen molar-refractivity contribution in [2.24, 2.45) is 7.05 Å². The number of hydrogen-bond acceptors (Lipinski definition) is 7. The molecule has 2 aromatic heterocycles. The van der Waals surface area contributed by atoms with Crippen molar-refractivity contribution < 1.29 is 17.9 Å². The number of pyridine rings is 1. The number of sulfonamides is 1. The number of morpholine rings is 1. The number of hydrogen-bond donors (Lipinski definition) is 1. The molecule has 0 bridgehead atoms. The first-order chi connectivity index (χ1) is 15.8. The fourth-order valence-electron chi connectivity index (χ4n) is 3.71. The number of anilines is 2. The topological polar surface area (TPSA) is 110 Å². The van der Waals surface area contributed by atoms with Crippen molar-refractivity contribution in [1.29, 1.82) is 0 Å². The average molecular weight is 473 g/mol. The highest BCUT2D eigenvalue weighted by molar-refractivity contribution is 7.89. The molecule has 0 spiro atoms. The number of nitrogens with zero attached hydrogens (tertiary/aromatic N) is 5. The van der Waals surface area contributed by atoms with E-state index < -0.39 is 10.0 Å². The summed E-state index contributed by atoms with van der Waals surface area (Å²) in [7, 11) is 1.31. The fraction of sp³-hybridized carbons (Fsp3) is 0.409. The summed E-state index contributed by atoms with van der Waals surface area (Å²) in [6, 6.07) is 8.62. The van der Waals surface area contributed by atoms with E-state index >= 15 is 0 Å². The first kappa shape index (κ1) is 23.1. The van der Waals surface area contributed by atoms with E-state index in [1.807, 2.05) is 23.7 Å².